The second kappa shape index (κ2) is 24.1. The third-order valence-electron chi connectivity index (χ3n) is 16.6. The maximum Gasteiger partial charge on any atom is 0.352 e. The molecule has 0 radical (unpaired) electrons. The molecule has 14 nitrogen and oxygen atoms in total. The first kappa shape index (κ1) is 52.7. The Labute approximate surface area is 431 Å². The van der Waals surface area contributed by atoms with E-state index in [1.807, 2.05) is 121 Å². The van der Waals surface area contributed by atoms with Gasteiger partial charge in [-0.15, -0.1) is 0 Å². The van der Waals surface area contributed by atoms with Gasteiger partial charge >= 0.3 is 11.9 Å². The zero-order chi connectivity index (χ0) is 51.2. The highest BCUT2D eigenvalue weighted by Gasteiger charge is 2.65. The lowest BCUT2D eigenvalue weighted by atomic mass is 9.51. The molecule has 74 heavy (non-hydrogen) atoms. The van der Waals surface area contributed by atoms with Crippen molar-refractivity contribution in [2.24, 2.45) is 35.5 Å². The SMILES string of the molecule is COC1CC([C@@H]2C3CC4OCOC4CC3[C@@H](NC(=O)C(F)(F)[C@@H]3O[C@H](COCc4ccccc4)[C@@H](OCc4ccccc4)[C@H](OCc4ccccc4)[C@H]3OCc3ccccc3)C3COC(=O)[C@@H]32)CC(OC)C1OC. The van der Waals surface area contributed by atoms with Crippen LogP contribution in [-0.2, 0) is 88.1 Å². The zero-order valence-electron chi connectivity index (χ0n) is 42.2. The molecule has 3 saturated heterocycles. The molecule has 4 aromatic rings. The Kier molecular flexibility index (Phi) is 17.2. The van der Waals surface area contributed by atoms with Crippen LogP contribution >= 0.6 is 0 Å². The van der Waals surface area contributed by atoms with Crippen LogP contribution < -0.4 is 5.32 Å². The van der Waals surface area contributed by atoms with Crippen molar-refractivity contribution >= 4 is 11.9 Å². The Bertz CT molecular complexity index is 2400. The number of nitrogens with one attached hydrogen (secondary N) is 1. The van der Waals surface area contributed by atoms with Gasteiger partial charge in [-0.1, -0.05) is 121 Å². The standard InChI is InChI=1S/C58H69F2NO13/c1-64-45-24-39(25-46(65-2)51(45)66-3)48-40-26-43-44(73-34-72-43)27-41(40)50(42-32-71-56(62)49(42)48)61-57(63)58(59,60)55-54(70-31-38-22-14-7-15-23-38)53(69-30-37-20-12-6-13-21-37)52(68-29-36-18-10-5-11-19-36)47(74-55)33-67-28-35-16-8-4-9-17-35/h4-23,39-55H,24-34H2,1-3H3,(H,61,63)/t39?,40?,41?,42?,43?,44?,45?,46?,47-,48-,49+,50-,51?,52-,53+,54-,55-/m1/s1. The number of benzene rings is 4. The fourth-order valence-corrected chi connectivity index (χ4v) is 13.1. The summed E-state index contributed by atoms with van der Waals surface area (Å²) in [6.07, 6.45) is -6.57. The number of carbonyl (C=O) groups excluding carboxylic acids is 2. The fraction of sp³-hybridized carbons (Fsp3) is 0.552. The topological polar surface area (TPSA) is 148 Å². The van der Waals surface area contributed by atoms with Crippen LogP contribution in [0.15, 0.2) is 121 Å². The number of rotatable bonds is 20. The molecule has 1 amide bonds. The van der Waals surface area contributed by atoms with E-state index in [4.69, 9.17) is 52.1 Å². The van der Waals surface area contributed by atoms with E-state index in [1.165, 1.54) is 0 Å². The maximum atomic E-state index is 18.2. The van der Waals surface area contributed by atoms with Crippen molar-refractivity contribution in [3.05, 3.63) is 144 Å². The van der Waals surface area contributed by atoms with Crippen LogP contribution in [0.2, 0.25) is 0 Å². The van der Waals surface area contributed by atoms with Crippen LogP contribution in [0.3, 0.4) is 0 Å². The molecule has 0 bridgehead atoms. The van der Waals surface area contributed by atoms with E-state index in [1.54, 1.807) is 21.3 Å². The second-order valence-electron chi connectivity index (χ2n) is 20.7. The Hall–Kier alpha value is -4.72. The predicted molar refractivity (Wildman–Crippen MR) is 264 cm³/mol. The summed E-state index contributed by atoms with van der Waals surface area (Å²) in [5.74, 6) is -8.49. The maximum absolute atomic E-state index is 18.2. The van der Waals surface area contributed by atoms with Crippen molar-refractivity contribution in [1.29, 1.82) is 0 Å². The summed E-state index contributed by atoms with van der Waals surface area (Å²) in [6, 6.07) is 36.7. The van der Waals surface area contributed by atoms with E-state index in [2.05, 4.69) is 5.32 Å². The van der Waals surface area contributed by atoms with Crippen molar-refractivity contribution in [3.8, 4) is 0 Å². The molecule has 10 rings (SSSR count). The Morgan fingerprint density at radius 1 is 0.608 bits per heavy atom. The summed E-state index contributed by atoms with van der Waals surface area (Å²) in [7, 11) is 4.93. The first-order chi connectivity index (χ1) is 36.1. The molecule has 3 heterocycles. The van der Waals surface area contributed by atoms with Crippen LogP contribution in [0.5, 0.6) is 0 Å². The molecule has 1 N–H and O–H groups in total. The number of amides is 1. The molecule has 7 unspecified atom stereocenters. The molecule has 3 saturated carbocycles. The number of carbonyl (C=O) groups is 2. The molecule has 15 atom stereocenters. The first-order valence-electron chi connectivity index (χ1n) is 26.1. The summed E-state index contributed by atoms with van der Waals surface area (Å²) in [5, 5.41) is 2.89. The lowest BCUT2D eigenvalue weighted by Gasteiger charge is -2.55. The van der Waals surface area contributed by atoms with Crippen LogP contribution in [0, 0.1) is 35.5 Å². The number of fused-ring (bicyclic) bond motifs is 3. The van der Waals surface area contributed by atoms with E-state index >= 15 is 13.6 Å². The monoisotopic (exact) mass is 1030 g/mol. The molecule has 16 heteroatoms. The van der Waals surface area contributed by atoms with Gasteiger partial charge in [-0.2, -0.15) is 8.78 Å². The molecule has 6 aliphatic rings. The van der Waals surface area contributed by atoms with Crippen molar-refractivity contribution in [3.63, 3.8) is 0 Å². The third kappa shape index (κ3) is 11.4. The fourth-order valence-electron chi connectivity index (χ4n) is 13.1. The molecule has 0 spiro atoms. The molecule has 4 aromatic carbocycles. The van der Waals surface area contributed by atoms with Crippen molar-refractivity contribution in [1.82, 2.24) is 5.32 Å². The van der Waals surface area contributed by atoms with E-state index in [9.17, 15) is 4.79 Å². The first-order valence-corrected chi connectivity index (χ1v) is 26.1. The number of hydrogen-bond acceptors (Lipinski definition) is 13. The number of cyclic esters (lactones) is 1. The number of alkyl halides is 2. The van der Waals surface area contributed by atoms with Crippen molar-refractivity contribution in [2.75, 3.05) is 41.3 Å². The average Bonchev–Trinajstić information content (AvgIpc) is 4.08. The van der Waals surface area contributed by atoms with Crippen molar-refractivity contribution in [2.45, 2.75) is 125 Å². The minimum absolute atomic E-state index is 0.0186. The van der Waals surface area contributed by atoms with Crippen LogP contribution in [0.4, 0.5) is 8.78 Å². The molecular formula is C58H69F2NO13. The number of halogens is 2. The van der Waals surface area contributed by atoms with Gasteiger partial charge in [-0.25, -0.2) is 0 Å². The van der Waals surface area contributed by atoms with Crippen LogP contribution in [0.25, 0.3) is 0 Å². The zero-order valence-corrected chi connectivity index (χ0v) is 42.2. The molecule has 398 valence electrons. The van der Waals surface area contributed by atoms with Crippen LogP contribution in [-0.4, -0.2) is 126 Å². The number of methoxy groups -OCH3 is 3. The van der Waals surface area contributed by atoms with Gasteiger partial charge in [0.1, 0.15) is 37.3 Å². The van der Waals surface area contributed by atoms with Gasteiger partial charge in [0.25, 0.3) is 5.91 Å². The van der Waals surface area contributed by atoms with Gasteiger partial charge in [-0.3, -0.25) is 9.59 Å². The molecule has 0 aromatic heterocycles. The van der Waals surface area contributed by atoms with E-state index in [0.717, 1.165) is 16.7 Å². The van der Waals surface area contributed by atoms with E-state index in [0.29, 0.717) is 31.2 Å². The summed E-state index contributed by atoms with van der Waals surface area (Å²) in [5.41, 5.74) is 3.22. The number of ether oxygens (including phenoxy) is 11. The molecule has 3 aliphatic carbocycles. The molecule has 3 aliphatic heterocycles. The predicted octanol–water partition coefficient (Wildman–Crippen LogP) is 7.49. The third-order valence-corrected chi connectivity index (χ3v) is 16.6. The van der Waals surface area contributed by atoms with Crippen LogP contribution in [0.1, 0.15) is 47.9 Å². The smallest absolute Gasteiger partial charge is 0.352 e. The van der Waals surface area contributed by atoms with Gasteiger partial charge in [0, 0.05) is 33.3 Å². The Morgan fingerprint density at radius 2 is 1.11 bits per heavy atom. The molecular weight excluding hydrogens is 957 g/mol. The summed E-state index contributed by atoms with van der Waals surface area (Å²) in [6.45, 7) is 0.0541. The minimum Gasteiger partial charge on any atom is -0.465 e. The lowest BCUT2D eigenvalue weighted by molar-refractivity contribution is -0.304. The van der Waals surface area contributed by atoms with E-state index in [-0.39, 0.29) is 101 Å². The van der Waals surface area contributed by atoms with Gasteiger partial charge in [0.15, 0.2) is 6.10 Å². The van der Waals surface area contributed by atoms with E-state index < -0.39 is 66.2 Å². The lowest BCUT2D eigenvalue weighted by Crippen LogP contribution is -2.69. The highest BCUT2D eigenvalue weighted by atomic mass is 19.3. The number of hydrogen-bond donors (Lipinski definition) is 1. The highest BCUT2D eigenvalue weighted by molar-refractivity contribution is 5.85. The average molecular weight is 1030 g/mol. The summed E-state index contributed by atoms with van der Waals surface area (Å²) < 4.78 is 105. The quantitative estimate of drug-likeness (QED) is 0.0874. The largest absolute Gasteiger partial charge is 0.465 e. The Balaban J connectivity index is 0.994. The molecule has 6 fully saturated rings. The second-order valence-corrected chi connectivity index (χ2v) is 20.7. The van der Waals surface area contributed by atoms with Gasteiger partial charge < -0.3 is 57.4 Å². The van der Waals surface area contributed by atoms with Gasteiger partial charge in [-0.05, 0) is 71.6 Å². The van der Waals surface area contributed by atoms with Crippen molar-refractivity contribution < 1.29 is 70.5 Å². The number of esters is 1. The van der Waals surface area contributed by atoms with Gasteiger partial charge in [0.2, 0.25) is 0 Å². The minimum atomic E-state index is -4.25. The summed E-state index contributed by atoms with van der Waals surface area (Å²) >= 11 is 0. The highest BCUT2D eigenvalue weighted by Crippen LogP contribution is 2.57. The van der Waals surface area contributed by atoms with Gasteiger partial charge in [0.05, 0.1) is 70.0 Å². The Morgan fingerprint density at radius 3 is 1.64 bits per heavy atom. The normalized spacial score (nSPS) is 34.8. The summed E-state index contributed by atoms with van der Waals surface area (Å²) in [4.78, 5) is 29.3.